The Labute approximate surface area is 159 Å². The number of hydrogen-bond donors (Lipinski definition) is 1. The molecule has 2 N–H and O–H groups in total. The third-order valence-corrected chi connectivity index (χ3v) is 5.77. The molecule has 1 fully saturated rings. The molecule has 1 aromatic carbocycles. The summed E-state index contributed by atoms with van der Waals surface area (Å²) in [5, 5.41) is 10.8. The van der Waals surface area contributed by atoms with E-state index in [1.54, 1.807) is 16.0 Å². The Morgan fingerprint density at radius 1 is 1.04 bits per heavy atom. The van der Waals surface area contributed by atoms with Crippen LogP contribution in [0.1, 0.15) is 31.5 Å². The summed E-state index contributed by atoms with van der Waals surface area (Å²) in [7, 11) is 0. The first-order chi connectivity index (χ1) is 13.2. The van der Waals surface area contributed by atoms with Gasteiger partial charge in [-0.25, -0.2) is 9.67 Å². The van der Waals surface area contributed by atoms with Crippen LogP contribution in [0.25, 0.3) is 28.1 Å². The smallest absolute Gasteiger partial charge is 0.297 e. The maximum Gasteiger partial charge on any atom is 0.297 e. The molecule has 1 saturated carbocycles. The summed E-state index contributed by atoms with van der Waals surface area (Å²) in [6.07, 6.45) is 3.92. The van der Waals surface area contributed by atoms with Crippen LogP contribution >= 0.6 is 11.3 Å². The number of rotatable bonds is 4. The van der Waals surface area contributed by atoms with E-state index in [0.717, 1.165) is 42.1 Å². The Balaban J connectivity index is 1.59. The summed E-state index contributed by atoms with van der Waals surface area (Å²) in [5.74, 6) is 2.00. The molecule has 0 unspecified atom stereocenters. The molecule has 0 radical (unpaired) electrons. The Kier molecular flexibility index (Phi) is 3.87. The number of thiophene rings is 1. The van der Waals surface area contributed by atoms with Gasteiger partial charge in [0.15, 0.2) is 11.6 Å². The Morgan fingerprint density at radius 2 is 1.85 bits per heavy atom. The Bertz CT molecular complexity index is 1050. The fourth-order valence-electron chi connectivity index (χ4n) is 3.46. The van der Waals surface area contributed by atoms with Crippen LogP contribution in [0.2, 0.25) is 0 Å². The number of benzene rings is 1. The van der Waals surface area contributed by atoms with Gasteiger partial charge in [0.1, 0.15) is 0 Å². The molecule has 3 aromatic heterocycles. The predicted octanol–water partition coefficient (Wildman–Crippen LogP) is 3.77. The van der Waals surface area contributed by atoms with Crippen molar-refractivity contribution in [2.24, 2.45) is 5.73 Å². The first-order valence-corrected chi connectivity index (χ1v) is 9.81. The van der Waals surface area contributed by atoms with Gasteiger partial charge < -0.3 is 10.3 Å². The third-order valence-electron chi connectivity index (χ3n) is 4.91. The van der Waals surface area contributed by atoms with Gasteiger partial charge in [0.25, 0.3) is 5.89 Å². The average molecular weight is 378 g/mol. The van der Waals surface area contributed by atoms with Crippen molar-refractivity contribution in [3.63, 3.8) is 0 Å². The highest BCUT2D eigenvalue weighted by atomic mass is 32.1. The second-order valence-corrected chi connectivity index (χ2v) is 7.72. The molecule has 0 aliphatic heterocycles. The summed E-state index contributed by atoms with van der Waals surface area (Å²) in [6.45, 7) is 0. The summed E-state index contributed by atoms with van der Waals surface area (Å²) in [4.78, 5) is 10.2. The van der Waals surface area contributed by atoms with E-state index in [1.165, 1.54) is 0 Å². The first-order valence-electron chi connectivity index (χ1n) is 8.93. The molecule has 0 atom stereocenters. The molecule has 1 aliphatic rings. The number of hydrogen-bond acceptors (Lipinski definition) is 7. The van der Waals surface area contributed by atoms with Crippen LogP contribution in [0.4, 0.5) is 0 Å². The number of nitrogens with two attached hydrogens (primary N) is 1. The van der Waals surface area contributed by atoms with E-state index in [-0.39, 0.29) is 0 Å². The second kappa shape index (κ2) is 6.40. The van der Waals surface area contributed by atoms with Crippen molar-refractivity contribution in [2.75, 3.05) is 0 Å². The minimum absolute atomic E-state index is 0.300. The average Bonchev–Trinajstić information content (AvgIpc) is 3.47. The zero-order valence-corrected chi connectivity index (χ0v) is 15.4. The van der Waals surface area contributed by atoms with Crippen LogP contribution in [0.15, 0.2) is 52.4 Å². The summed E-state index contributed by atoms with van der Waals surface area (Å²) < 4.78 is 7.28. The SMILES string of the molecule is NC1(c2noc(-c3nc(-c4cccs4)n(-c4ccccc4)n3)n2)CCCC1. The summed E-state index contributed by atoms with van der Waals surface area (Å²) >= 11 is 1.61. The molecule has 5 rings (SSSR count). The highest BCUT2D eigenvalue weighted by molar-refractivity contribution is 7.13. The predicted molar refractivity (Wildman–Crippen MR) is 102 cm³/mol. The lowest BCUT2D eigenvalue weighted by Crippen LogP contribution is -2.34. The quantitative estimate of drug-likeness (QED) is 0.581. The Morgan fingerprint density at radius 3 is 2.59 bits per heavy atom. The molecule has 0 spiro atoms. The van der Waals surface area contributed by atoms with E-state index in [0.29, 0.717) is 17.5 Å². The van der Waals surface area contributed by atoms with Gasteiger partial charge in [-0.15, -0.1) is 16.4 Å². The third kappa shape index (κ3) is 2.87. The molecule has 136 valence electrons. The van der Waals surface area contributed by atoms with Gasteiger partial charge in [0.2, 0.25) is 5.82 Å². The molecule has 3 heterocycles. The van der Waals surface area contributed by atoms with Gasteiger partial charge in [-0.05, 0) is 36.4 Å². The zero-order valence-electron chi connectivity index (χ0n) is 14.6. The van der Waals surface area contributed by atoms with E-state index >= 15 is 0 Å². The number of aromatic nitrogens is 5. The minimum Gasteiger partial charge on any atom is -0.330 e. The van der Waals surface area contributed by atoms with Gasteiger partial charge >= 0.3 is 0 Å². The number of nitrogens with zero attached hydrogens (tertiary/aromatic N) is 5. The standard InChI is InChI=1S/C19H18N6OS/c20-19(10-4-5-11-19)18-22-17(26-24-18)15-21-16(14-9-6-12-27-14)25(23-15)13-7-2-1-3-8-13/h1-3,6-9,12H,4-5,10-11,20H2. The highest BCUT2D eigenvalue weighted by Crippen LogP contribution is 2.35. The summed E-state index contributed by atoms with van der Waals surface area (Å²) in [5.41, 5.74) is 6.87. The fourth-order valence-corrected chi connectivity index (χ4v) is 4.16. The van der Waals surface area contributed by atoms with Crippen LogP contribution < -0.4 is 5.73 Å². The van der Waals surface area contributed by atoms with E-state index in [2.05, 4.69) is 20.2 Å². The van der Waals surface area contributed by atoms with Crippen molar-refractivity contribution in [2.45, 2.75) is 31.2 Å². The van der Waals surface area contributed by atoms with Crippen LogP contribution in [0.5, 0.6) is 0 Å². The van der Waals surface area contributed by atoms with Crippen molar-refractivity contribution in [3.8, 4) is 28.1 Å². The van der Waals surface area contributed by atoms with Crippen LogP contribution in [-0.4, -0.2) is 24.9 Å². The zero-order chi connectivity index (χ0) is 18.3. The van der Waals surface area contributed by atoms with E-state index in [1.807, 2.05) is 47.8 Å². The van der Waals surface area contributed by atoms with Gasteiger partial charge in [-0.2, -0.15) is 4.98 Å². The normalized spacial score (nSPS) is 16.0. The maximum atomic E-state index is 6.45. The Hall–Kier alpha value is -2.84. The molecular weight excluding hydrogens is 360 g/mol. The van der Waals surface area contributed by atoms with E-state index < -0.39 is 5.54 Å². The molecule has 27 heavy (non-hydrogen) atoms. The molecule has 0 saturated heterocycles. The number of para-hydroxylation sites is 1. The van der Waals surface area contributed by atoms with Crippen molar-refractivity contribution in [1.82, 2.24) is 24.9 Å². The maximum absolute atomic E-state index is 6.45. The molecule has 8 heteroatoms. The van der Waals surface area contributed by atoms with Crippen molar-refractivity contribution < 1.29 is 4.52 Å². The first kappa shape index (κ1) is 16.3. The van der Waals surface area contributed by atoms with Gasteiger partial charge in [-0.1, -0.05) is 42.3 Å². The van der Waals surface area contributed by atoms with Crippen molar-refractivity contribution in [1.29, 1.82) is 0 Å². The van der Waals surface area contributed by atoms with Crippen molar-refractivity contribution in [3.05, 3.63) is 53.7 Å². The lowest BCUT2D eigenvalue weighted by Gasteiger charge is -2.17. The van der Waals surface area contributed by atoms with Gasteiger partial charge in [0.05, 0.1) is 16.1 Å². The lowest BCUT2D eigenvalue weighted by atomic mass is 9.99. The molecule has 7 nitrogen and oxygen atoms in total. The van der Waals surface area contributed by atoms with Gasteiger partial charge in [0, 0.05) is 0 Å². The molecule has 1 aliphatic carbocycles. The van der Waals surface area contributed by atoms with Crippen LogP contribution in [-0.2, 0) is 5.54 Å². The van der Waals surface area contributed by atoms with E-state index in [9.17, 15) is 0 Å². The topological polar surface area (TPSA) is 95.7 Å². The molecule has 4 aromatic rings. The van der Waals surface area contributed by atoms with E-state index in [4.69, 9.17) is 10.3 Å². The minimum atomic E-state index is -0.500. The van der Waals surface area contributed by atoms with Gasteiger partial charge in [-0.3, -0.25) is 0 Å². The molecule has 0 amide bonds. The second-order valence-electron chi connectivity index (χ2n) is 6.77. The summed E-state index contributed by atoms with van der Waals surface area (Å²) in [6, 6.07) is 13.9. The largest absolute Gasteiger partial charge is 0.330 e. The van der Waals surface area contributed by atoms with Crippen LogP contribution in [0, 0.1) is 0 Å². The lowest BCUT2D eigenvalue weighted by molar-refractivity contribution is 0.372. The fraction of sp³-hybridized carbons (Fsp3) is 0.263. The monoisotopic (exact) mass is 378 g/mol. The van der Waals surface area contributed by atoms with Crippen molar-refractivity contribution >= 4 is 11.3 Å². The molecule has 0 bridgehead atoms. The van der Waals surface area contributed by atoms with Crippen LogP contribution in [0.3, 0.4) is 0 Å². The highest BCUT2D eigenvalue weighted by Gasteiger charge is 2.36. The molecular formula is C19H18N6OS.